The number of ether oxygens (including phenoxy) is 1. The molecule has 0 bridgehead atoms. The Hall–Kier alpha value is -1.43. The highest BCUT2D eigenvalue weighted by Crippen LogP contribution is 2.32. The third kappa shape index (κ3) is 3.03. The first-order valence-corrected chi connectivity index (χ1v) is 5.34. The normalized spacial score (nSPS) is 20.5. The zero-order valence-electron chi connectivity index (χ0n) is 9.05. The molecule has 0 aliphatic carbocycles. The van der Waals surface area contributed by atoms with Gasteiger partial charge >= 0.3 is 6.36 Å². The van der Waals surface area contributed by atoms with Crippen molar-refractivity contribution in [1.29, 1.82) is 0 Å². The van der Waals surface area contributed by atoms with Crippen LogP contribution >= 0.6 is 0 Å². The van der Waals surface area contributed by atoms with Gasteiger partial charge in [0.2, 0.25) is 0 Å². The molecule has 2 rings (SSSR count). The van der Waals surface area contributed by atoms with Gasteiger partial charge in [-0.2, -0.15) is 0 Å². The smallest absolute Gasteiger partial charge is 0.406 e. The maximum atomic E-state index is 12.1. The molecule has 1 aromatic rings. The second-order valence-electron chi connectivity index (χ2n) is 3.99. The summed E-state index contributed by atoms with van der Waals surface area (Å²) in [5, 5.41) is 3.19. The Morgan fingerprint density at radius 1 is 1.35 bits per heavy atom. The van der Waals surface area contributed by atoms with Crippen LogP contribution in [0.4, 0.5) is 18.9 Å². The lowest BCUT2D eigenvalue weighted by atomic mass is 10.0. The van der Waals surface area contributed by atoms with Crippen molar-refractivity contribution in [2.75, 3.05) is 12.3 Å². The molecule has 94 valence electrons. The molecule has 1 saturated heterocycles. The van der Waals surface area contributed by atoms with E-state index in [2.05, 4.69) is 10.1 Å². The second kappa shape index (κ2) is 4.44. The van der Waals surface area contributed by atoms with Gasteiger partial charge in [0.25, 0.3) is 0 Å². The molecule has 6 heteroatoms. The van der Waals surface area contributed by atoms with E-state index in [0.29, 0.717) is 11.3 Å². The molecule has 3 N–H and O–H groups in total. The molecule has 0 saturated carbocycles. The first-order valence-electron chi connectivity index (χ1n) is 5.34. The first kappa shape index (κ1) is 12.0. The van der Waals surface area contributed by atoms with Crippen LogP contribution in [0.15, 0.2) is 18.2 Å². The molecule has 3 nitrogen and oxygen atoms in total. The van der Waals surface area contributed by atoms with Crippen LogP contribution in [0.2, 0.25) is 0 Å². The van der Waals surface area contributed by atoms with Crippen LogP contribution in [0, 0.1) is 0 Å². The molecule has 0 spiro atoms. The molecule has 1 heterocycles. The van der Waals surface area contributed by atoms with Crippen LogP contribution < -0.4 is 15.8 Å². The highest BCUT2D eigenvalue weighted by Gasteiger charge is 2.31. The lowest BCUT2D eigenvalue weighted by molar-refractivity contribution is -0.274. The monoisotopic (exact) mass is 246 g/mol. The van der Waals surface area contributed by atoms with Gasteiger partial charge in [0.15, 0.2) is 0 Å². The molecule has 0 amide bonds. The van der Waals surface area contributed by atoms with Gasteiger partial charge in [-0.25, -0.2) is 0 Å². The molecular formula is C11H13F3N2O. The maximum Gasteiger partial charge on any atom is 0.573 e. The number of hydrogen-bond donors (Lipinski definition) is 2. The van der Waals surface area contributed by atoms with Crippen LogP contribution in [-0.2, 0) is 0 Å². The number of alkyl halides is 3. The minimum absolute atomic E-state index is 0.0202. The quantitative estimate of drug-likeness (QED) is 0.788. The molecule has 1 aliphatic rings. The number of nitrogen functional groups attached to an aromatic ring is 1. The van der Waals surface area contributed by atoms with Gasteiger partial charge in [-0.1, -0.05) is 0 Å². The zero-order valence-corrected chi connectivity index (χ0v) is 9.05. The number of rotatable bonds is 2. The fraction of sp³-hybridized carbons (Fsp3) is 0.455. The van der Waals surface area contributed by atoms with Gasteiger partial charge in [0, 0.05) is 11.7 Å². The van der Waals surface area contributed by atoms with Crippen molar-refractivity contribution in [1.82, 2.24) is 5.32 Å². The summed E-state index contributed by atoms with van der Waals surface area (Å²) in [5.41, 5.74) is 6.91. The molecule has 0 radical (unpaired) electrons. The average molecular weight is 246 g/mol. The standard InChI is InChI=1S/C11H13F3N2O/c12-11(13,14)17-7-3-4-9(15)8(6-7)10-2-1-5-16-10/h3-4,6,10,16H,1-2,5,15H2/t10-/m0/s1. The van der Waals surface area contributed by atoms with Crippen molar-refractivity contribution in [3.63, 3.8) is 0 Å². The van der Waals surface area contributed by atoms with E-state index in [-0.39, 0.29) is 11.8 Å². The van der Waals surface area contributed by atoms with Crippen LogP contribution in [0.3, 0.4) is 0 Å². The third-order valence-corrected chi connectivity index (χ3v) is 2.73. The summed E-state index contributed by atoms with van der Waals surface area (Å²) >= 11 is 0. The van der Waals surface area contributed by atoms with E-state index in [0.717, 1.165) is 19.4 Å². The summed E-state index contributed by atoms with van der Waals surface area (Å²) < 4.78 is 40.1. The number of hydrogen-bond acceptors (Lipinski definition) is 3. The van der Waals surface area contributed by atoms with E-state index in [9.17, 15) is 13.2 Å². The minimum Gasteiger partial charge on any atom is -0.406 e. The Morgan fingerprint density at radius 2 is 2.12 bits per heavy atom. The van der Waals surface area contributed by atoms with Gasteiger partial charge in [0.05, 0.1) is 0 Å². The number of nitrogens with two attached hydrogens (primary N) is 1. The van der Waals surface area contributed by atoms with Gasteiger partial charge in [-0.15, -0.1) is 13.2 Å². The minimum atomic E-state index is -4.67. The van der Waals surface area contributed by atoms with E-state index < -0.39 is 6.36 Å². The predicted molar refractivity (Wildman–Crippen MR) is 57.5 cm³/mol. The van der Waals surface area contributed by atoms with Crippen molar-refractivity contribution in [2.24, 2.45) is 0 Å². The van der Waals surface area contributed by atoms with E-state index in [1.54, 1.807) is 0 Å². The zero-order chi connectivity index (χ0) is 12.5. The van der Waals surface area contributed by atoms with E-state index in [1.807, 2.05) is 0 Å². The Morgan fingerprint density at radius 3 is 2.71 bits per heavy atom. The highest BCUT2D eigenvalue weighted by atomic mass is 19.4. The van der Waals surface area contributed by atoms with Crippen molar-refractivity contribution in [2.45, 2.75) is 25.2 Å². The Bertz CT molecular complexity index is 400. The van der Waals surface area contributed by atoms with Crippen molar-refractivity contribution < 1.29 is 17.9 Å². The summed E-state index contributed by atoms with van der Waals surface area (Å²) in [6.45, 7) is 0.856. The molecule has 1 aliphatic heterocycles. The topological polar surface area (TPSA) is 47.3 Å². The highest BCUT2D eigenvalue weighted by molar-refractivity contribution is 5.52. The van der Waals surface area contributed by atoms with E-state index >= 15 is 0 Å². The predicted octanol–water partition coefficient (Wildman–Crippen LogP) is 2.59. The van der Waals surface area contributed by atoms with Crippen molar-refractivity contribution in [3.05, 3.63) is 23.8 Å². The second-order valence-corrected chi connectivity index (χ2v) is 3.99. The summed E-state index contributed by atoms with van der Waals surface area (Å²) in [6, 6.07) is 4.04. The van der Waals surface area contributed by atoms with E-state index in [1.165, 1.54) is 18.2 Å². The molecule has 0 unspecified atom stereocenters. The molecule has 1 atom stereocenters. The molecular weight excluding hydrogens is 233 g/mol. The van der Waals surface area contributed by atoms with Gasteiger partial charge in [-0.05, 0) is 43.1 Å². The molecule has 1 fully saturated rings. The molecule has 1 aromatic carbocycles. The fourth-order valence-electron chi connectivity index (χ4n) is 2.00. The Labute approximate surface area is 96.8 Å². The first-order chi connectivity index (χ1) is 7.96. The van der Waals surface area contributed by atoms with Gasteiger partial charge in [-0.3, -0.25) is 0 Å². The van der Waals surface area contributed by atoms with Crippen LogP contribution in [-0.4, -0.2) is 12.9 Å². The van der Waals surface area contributed by atoms with Gasteiger partial charge in [0.1, 0.15) is 5.75 Å². The maximum absolute atomic E-state index is 12.1. The summed E-state index contributed by atoms with van der Waals surface area (Å²) in [6.07, 6.45) is -2.80. The van der Waals surface area contributed by atoms with Gasteiger partial charge < -0.3 is 15.8 Å². The van der Waals surface area contributed by atoms with Crippen molar-refractivity contribution in [3.8, 4) is 5.75 Å². The summed E-state index contributed by atoms with van der Waals surface area (Å²) in [7, 11) is 0. The third-order valence-electron chi connectivity index (χ3n) is 2.73. The molecule has 0 aromatic heterocycles. The van der Waals surface area contributed by atoms with Crippen LogP contribution in [0.1, 0.15) is 24.4 Å². The number of halogens is 3. The number of benzene rings is 1. The Kier molecular flexibility index (Phi) is 3.15. The lowest BCUT2D eigenvalue weighted by Crippen LogP contribution is -2.18. The molecule has 17 heavy (non-hydrogen) atoms. The summed E-state index contributed by atoms with van der Waals surface area (Å²) in [4.78, 5) is 0. The lowest BCUT2D eigenvalue weighted by Gasteiger charge is -2.16. The van der Waals surface area contributed by atoms with Crippen LogP contribution in [0.5, 0.6) is 5.75 Å². The summed E-state index contributed by atoms with van der Waals surface area (Å²) in [5.74, 6) is -0.226. The van der Waals surface area contributed by atoms with E-state index in [4.69, 9.17) is 5.73 Å². The number of anilines is 1. The van der Waals surface area contributed by atoms with Crippen LogP contribution in [0.25, 0.3) is 0 Å². The SMILES string of the molecule is Nc1ccc(OC(F)(F)F)cc1[C@@H]1CCCN1. The largest absolute Gasteiger partial charge is 0.573 e. The Balaban J connectivity index is 2.22. The van der Waals surface area contributed by atoms with Crippen molar-refractivity contribution >= 4 is 5.69 Å². The fourth-order valence-corrected chi connectivity index (χ4v) is 2.00. The number of nitrogens with one attached hydrogen (secondary N) is 1. The average Bonchev–Trinajstić information content (AvgIpc) is 2.72.